The quantitative estimate of drug-likeness (QED) is 0.708. The van der Waals surface area contributed by atoms with E-state index in [9.17, 15) is 18.8 Å². The Kier molecular flexibility index (Phi) is 4.42. The van der Waals surface area contributed by atoms with Crippen LogP contribution in [0, 0.1) is 16.7 Å². The summed E-state index contributed by atoms with van der Waals surface area (Å²) in [6.45, 7) is 5.00. The molecule has 0 atom stereocenters. The molecule has 0 aliphatic carbocycles. The van der Waals surface area contributed by atoms with Gasteiger partial charge in [-0.2, -0.15) is 14.0 Å². The van der Waals surface area contributed by atoms with Gasteiger partial charge in [-0.15, -0.1) is 5.10 Å². The second kappa shape index (κ2) is 6.73. The predicted molar refractivity (Wildman–Crippen MR) is 106 cm³/mol. The van der Waals surface area contributed by atoms with Gasteiger partial charge < -0.3 is 10.2 Å². The molecule has 0 spiro atoms. The molecule has 10 heteroatoms. The Bertz CT molecular complexity index is 1190. The molecule has 0 aromatic carbocycles. The fraction of sp³-hybridized carbons (Fsp3) is 0.350. The Morgan fingerprint density at radius 3 is 2.73 bits per heavy atom. The second-order valence-corrected chi connectivity index (χ2v) is 7.80. The number of nitrogens with zero attached hydrogens (tertiary/aromatic N) is 6. The van der Waals surface area contributed by atoms with Crippen LogP contribution in [-0.4, -0.2) is 38.7 Å². The molecule has 1 aliphatic rings. The van der Waals surface area contributed by atoms with E-state index < -0.39 is 11.3 Å². The third-order valence-electron chi connectivity index (χ3n) is 4.90. The van der Waals surface area contributed by atoms with Crippen LogP contribution in [0.2, 0.25) is 0 Å². The highest BCUT2D eigenvalue weighted by Crippen LogP contribution is 2.37. The minimum atomic E-state index is -3.10. The minimum Gasteiger partial charge on any atom is -0.351 e. The van der Waals surface area contributed by atoms with Gasteiger partial charge in [-0.1, -0.05) is 6.07 Å². The summed E-state index contributed by atoms with van der Waals surface area (Å²) in [5.41, 5.74) is -0.289. The number of carbonyl (C=O) groups is 1. The van der Waals surface area contributed by atoms with Crippen molar-refractivity contribution in [1.29, 1.82) is 5.26 Å². The summed E-state index contributed by atoms with van der Waals surface area (Å²) in [5, 5.41) is 17.2. The van der Waals surface area contributed by atoms with E-state index in [-0.39, 0.29) is 17.4 Å². The fourth-order valence-electron chi connectivity index (χ4n) is 3.45. The Balaban J connectivity index is 1.86. The number of hydrogen-bond acceptors (Lipinski definition) is 6. The van der Waals surface area contributed by atoms with Crippen molar-refractivity contribution in [2.75, 3.05) is 23.3 Å². The van der Waals surface area contributed by atoms with Crippen LogP contribution in [0.1, 0.15) is 26.5 Å². The lowest BCUT2D eigenvalue weighted by Crippen LogP contribution is -2.54. The molecule has 0 bridgehead atoms. The largest absolute Gasteiger partial charge is 0.351 e. The molecule has 30 heavy (non-hydrogen) atoms. The van der Waals surface area contributed by atoms with Gasteiger partial charge in [-0.25, -0.2) is 14.6 Å². The predicted octanol–water partition coefficient (Wildman–Crippen LogP) is 3.24. The van der Waals surface area contributed by atoms with Gasteiger partial charge in [0.2, 0.25) is 5.91 Å². The summed E-state index contributed by atoms with van der Waals surface area (Å²) in [7, 11) is 0. The van der Waals surface area contributed by atoms with Crippen LogP contribution in [0.5, 0.6) is 0 Å². The Labute approximate surface area is 171 Å². The summed E-state index contributed by atoms with van der Waals surface area (Å²) >= 11 is 0. The van der Waals surface area contributed by atoms with Gasteiger partial charge in [-0.05, 0) is 19.1 Å². The van der Waals surface area contributed by atoms with Crippen molar-refractivity contribution in [2.24, 2.45) is 5.41 Å². The van der Waals surface area contributed by atoms with E-state index in [4.69, 9.17) is 0 Å². The number of halogens is 2. The highest BCUT2D eigenvalue weighted by molar-refractivity contribution is 5.95. The number of nitrogens with one attached hydrogen (secondary N) is 1. The number of anilines is 2. The lowest BCUT2D eigenvalue weighted by molar-refractivity contribution is -0.114. The highest BCUT2D eigenvalue weighted by atomic mass is 19.3. The molecule has 0 unspecified atom stereocenters. The fourth-order valence-corrected chi connectivity index (χ4v) is 3.45. The van der Waals surface area contributed by atoms with Crippen molar-refractivity contribution in [3.63, 3.8) is 0 Å². The molecule has 4 heterocycles. The number of alkyl halides is 2. The number of pyridine rings is 2. The molecule has 8 nitrogen and oxygen atoms in total. The average Bonchev–Trinajstić information content (AvgIpc) is 3.03. The first-order chi connectivity index (χ1) is 14.1. The SMILES string of the molecule is CC(=O)Nc1cc2c(cn1)c(N1CC(C)(C#N)C1)nn2-c1cccc(C(C)(F)F)n1. The maximum Gasteiger partial charge on any atom is 0.287 e. The number of carbonyl (C=O) groups excluding carboxylic acids is 1. The van der Waals surface area contributed by atoms with Crippen molar-refractivity contribution in [1.82, 2.24) is 19.7 Å². The van der Waals surface area contributed by atoms with Crippen molar-refractivity contribution in [3.05, 3.63) is 36.2 Å². The Morgan fingerprint density at radius 2 is 2.10 bits per heavy atom. The number of hydrogen-bond donors (Lipinski definition) is 1. The average molecular weight is 411 g/mol. The van der Waals surface area contributed by atoms with Crippen LogP contribution >= 0.6 is 0 Å². The van der Waals surface area contributed by atoms with Gasteiger partial charge in [0, 0.05) is 39.2 Å². The molecular formula is C20H19F2N7O. The van der Waals surface area contributed by atoms with E-state index in [0.29, 0.717) is 35.6 Å². The molecule has 0 radical (unpaired) electrons. The van der Waals surface area contributed by atoms with E-state index in [1.54, 1.807) is 18.3 Å². The maximum absolute atomic E-state index is 13.8. The molecule has 154 valence electrons. The second-order valence-electron chi connectivity index (χ2n) is 7.80. The molecular weight excluding hydrogens is 392 g/mol. The smallest absolute Gasteiger partial charge is 0.287 e. The number of amides is 1. The molecule has 1 aliphatic heterocycles. The van der Waals surface area contributed by atoms with Gasteiger partial charge in [0.1, 0.15) is 11.5 Å². The van der Waals surface area contributed by atoms with Crippen molar-refractivity contribution < 1.29 is 13.6 Å². The van der Waals surface area contributed by atoms with Crippen LogP contribution in [0.3, 0.4) is 0 Å². The zero-order valence-corrected chi connectivity index (χ0v) is 16.6. The third kappa shape index (κ3) is 3.43. The van der Waals surface area contributed by atoms with E-state index in [1.165, 1.54) is 23.7 Å². The Morgan fingerprint density at radius 1 is 1.37 bits per heavy atom. The molecule has 3 aromatic rings. The third-order valence-corrected chi connectivity index (χ3v) is 4.90. The molecule has 1 N–H and O–H groups in total. The van der Waals surface area contributed by atoms with Gasteiger partial charge in [-0.3, -0.25) is 4.79 Å². The number of fused-ring (bicyclic) bond motifs is 1. The molecule has 3 aromatic heterocycles. The van der Waals surface area contributed by atoms with Crippen LogP contribution < -0.4 is 10.2 Å². The first kappa shape index (κ1) is 19.7. The molecule has 4 rings (SSSR count). The van der Waals surface area contributed by atoms with Crippen LogP contribution in [0.25, 0.3) is 16.7 Å². The summed E-state index contributed by atoms with van der Waals surface area (Å²) in [5.74, 6) is -2.28. The van der Waals surface area contributed by atoms with Crippen molar-refractivity contribution in [2.45, 2.75) is 26.7 Å². The van der Waals surface area contributed by atoms with Crippen LogP contribution in [-0.2, 0) is 10.7 Å². The zero-order valence-electron chi connectivity index (χ0n) is 16.6. The van der Waals surface area contributed by atoms with Gasteiger partial charge in [0.25, 0.3) is 5.92 Å². The topological polar surface area (TPSA) is 99.7 Å². The summed E-state index contributed by atoms with van der Waals surface area (Å²) in [6.07, 6.45) is 1.57. The van der Waals surface area contributed by atoms with E-state index >= 15 is 0 Å². The van der Waals surface area contributed by atoms with E-state index in [1.807, 2.05) is 11.8 Å². The number of rotatable bonds is 4. The zero-order chi connectivity index (χ0) is 21.7. The molecule has 1 fully saturated rings. The first-order valence-corrected chi connectivity index (χ1v) is 9.28. The van der Waals surface area contributed by atoms with Crippen molar-refractivity contribution in [3.8, 4) is 11.9 Å². The standard InChI is InChI=1S/C20H19F2N7O/c1-12(30)25-16-7-14-13(8-24-16)18(28-10-19(2,9-23)11-28)27-29(14)17-6-4-5-15(26-17)20(3,21)22/h4-8H,10-11H2,1-3H3,(H,24,25,30). The van der Waals surface area contributed by atoms with Crippen molar-refractivity contribution >= 4 is 28.4 Å². The Hall–Kier alpha value is -3.61. The minimum absolute atomic E-state index is 0.216. The van der Waals surface area contributed by atoms with Gasteiger partial charge in [0.15, 0.2) is 11.6 Å². The van der Waals surface area contributed by atoms with Gasteiger partial charge >= 0.3 is 0 Å². The maximum atomic E-state index is 13.8. The summed E-state index contributed by atoms with van der Waals surface area (Å²) < 4.78 is 29.1. The lowest BCUT2D eigenvalue weighted by atomic mass is 9.84. The first-order valence-electron chi connectivity index (χ1n) is 9.28. The van der Waals surface area contributed by atoms with Crippen LogP contribution in [0.15, 0.2) is 30.5 Å². The number of aromatic nitrogens is 4. The number of nitriles is 1. The van der Waals surface area contributed by atoms with E-state index in [0.717, 1.165) is 6.92 Å². The molecule has 0 saturated carbocycles. The summed E-state index contributed by atoms with van der Waals surface area (Å²) in [6, 6.07) is 8.24. The molecule has 1 amide bonds. The normalized spacial score (nSPS) is 15.5. The van der Waals surface area contributed by atoms with Crippen LogP contribution in [0.4, 0.5) is 20.4 Å². The highest BCUT2D eigenvalue weighted by Gasteiger charge is 2.41. The van der Waals surface area contributed by atoms with E-state index in [2.05, 4.69) is 26.5 Å². The summed E-state index contributed by atoms with van der Waals surface area (Å²) in [4.78, 5) is 21.7. The lowest BCUT2D eigenvalue weighted by Gasteiger charge is -2.43. The monoisotopic (exact) mass is 411 g/mol. The molecule has 1 saturated heterocycles. The van der Waals surface area contributed by atoms with Gasteiger partial charge in [0.05, 0.1) is 22.4 Å².